The van der Waals surface area contributed by atoms with Crippen molar-refractivity contribution in [3.05, 3.63) is 0 Å². The van der Waals surface area contributed by atoms with Crippen LogP contribution in [0, 0.1) is 23.7 Å². The second-order valence-electron chi connectivity index (χ2n) is 7.35. The lowest BCUT2D eigenvalue weighted by Crippen LogP contribution is -2.46. The molecule has 1 aliphatic heterocycles. The van der Waals surface area contributed by atoms with Gasteiger partial charge in [-0.25, -0.2) is 0 Å². The Labute approximate surface area is 118 Å². The molecule has 1 saturated heterocycles. The zero-order valence-corrected chi connectivity index (χ0v) is 11.7. The molecule has 114 valence electrons. The van der Waals surface area contributed by atoms with E-state index in [1.807, 2.05) is 0 Å². The van der Waals surface area contributed by atoms with Gasteiger partial charge in [0.1, 0.15) is 0 Å². The number of nitrogens with zero attached hydrogens (tertiary/aromatic N) is 1. The molecule has 1 heterocycles. The van der Waals surface area contributed by atoms with Crippen LogP contribution in [0.5, 0.6) is 0 Å². The van der Waals surface area contributed by atoms with Crippen LogP contribution in [0.4, 0.5) is 13.2 Å². The predicted octanol–water partition coefficient (Wildman–Crippen LogP) is 2.65. The maximum atomic E-state index is 12.3. The van der Waals surface area contributed by atoms with Gasteiger partial charge < -0.3 is 5.32 Å². The molecule has 1 N–H and O–H groups in total. The van der Waals surface area contributed by atoms with Crippen LogP contribution in [0.1, 0.15) is 32.1 Å². The van der Waals surface area contributed by atoms with Crippen molar-refractivity contribution in [3.63, 3.8) is 0 Å². The first-order valence-electron chi connectivity index (χ1n) is 8.06. The van der Waals surface area contributed by atoms with E-state index >= 15 is 0 Å². The fourth-order valence-electron chi connectivity index (χ4n) is 5.33. The molecule has 4 atom stereocenters. The summed E-state index contributed by atoms with van der Waals surface area (Å²) in [7, 11) is 0. The van der Waals surface area contributed by atoms with Crippen LogP contribution in [0.15, 0.2) is 0 Å². The van der Waals surface area contributed by atoms with Crippen molar-refractivity contribution in [2.75, 3.05) is 19.6 Å². The molecule has 3 aliphatic carbocycles. The largest absolute Gasteiger partial charge is 0.401 e. The van der Waals surface area contributed by atoms with Crippen molar-refractivity contribution in [1.29, 1.82) is 0 Å². The summed E-state index contributed by atoms with van der Waals surface area (Å²) >= 11 is 0. The molecule has 4 fully saturated rings. The highest BCUT2D eigenvalue weighted by Crippen LogP contribution is 2.65. The number of hydrogen-bond donors (Lipinski definition) is 1. The first kappa shape index (κ1) is 13.4. The average molecular weight is 288 g/mol. The van der Waals surface area contributed by atoms with Crippen molar-refractivity contribution in [3.8, 4) is 0 Å². The van der Waals surface area contributed by atoms with E-state index in [1.165, 1.54) is 19.3 Å². The lowest BCUT2D eigenvalue weighted by atomic mass is 10.0. The summed E-state index contributed by atoms with van der Waals surface area (Å²) in [5.41, 5.74) is 0. The third-order valence-corrected chi connectivity index (χ3v) is 6.15. The van der Waals surface area contributed by atoms with Gasteiger partial charge in [-0.05, 0) is 68.9 Å². The van der Waals surface area contributed by atoms with Crippen molar-refractivity contribution in [2.24, 2.45) is 23.7 Å². The second kappa shape index (κ2) is 4.60. The van der Waals surface area contributed by atoms with Crippen LogP contribution >= 0.6 is 0 Å². The molecule has 0 aromatic rings. The number of alkyl halides is 3. The Morgan fingerprint density at radius 1 is 0.950 bits per heavy atom. The normalized spacial score (nSPS) is 44.9. The van der Waals surface area contributed by atoms with Gasteiger partial charge in [0.25, 0.3) is 0 Å². The van der Waals surface area contributed by atoms with Gasteiger partial charge in [-0.15, -0.1) is 0 Å². The van der Waals surface area contributed by atoms with E-state index in [1.54, 1.807) is 4.90 Å². The number of hydrogen-bond acceptors (Lipinski definition) is 2. The summed E-state index contributed by atoms with van der Waals surface area (Å²) in [4.78, 5) is 1.55. The summed E-state index contributed by atoms with van der Waals surface area (Å²) < 4.78 is 37.0. The molecule has 0 radical (unpaired) electrons. The van der Waals surface area contributed by atoms with E-state index in [4.69, 9.17) is 0 Å². The third kappa shape index (κ3) is 2.37. The van der Waals surface area contributed by atoms with Crippen LogP contribution < -0.4 is 5.32 Å². The highest BCUT2D eigenvalue weighted by atomic mass is 19.4. The van der Waals surface area contributed by atoms with Gasteiger partial charge in [-0.3, -0.25) is 4.90 Å². The van der Waals surface area contributed by atoms with E-state index in [-0.39, 0.29) is 0 Å². The summed E-state index contributed by atoms with van der Waals surface area (Å²) in [6.07, 6.45) is 2.01. The number of piperidine rings is 1. The fourth-order valence-corrected chi connectivity index (χ4v) is 5.33. The first-order chi connectivity index (χ1) is 9.51. The smallest absolute Gasteiger partial charge is 0.311 e. The SMILES string of the molecule is FC(F)(F)CN1CCC(NC2C3C4CCC(C4)C23)CC1. The quantitative estimate of drug-likeness (QED) is 0.859. The maximum absolute atomic E-state index is 12.3. The molecule has 5 heteroatoms. The third-order valence-electron chi connectivity index (χ3n) is 6.15. The highest BCUT2D eigenvalue weighted by molar-refractivity contribution is 5.17. The van der Waals surface area contributed by atoms with Crippen LogP contribution in [0.2, 0.25) is 0 Å². The molecule has 4 rings (SSSR count). The van der Waals surface area contributed by atoms with Crippen LogP contribution in [-0.4, -0.2) is 42.8 Å². The van der Waals surface area contributed by atoms with Gasteiger partial charge in [0.2, 0.25) is 0 Å². The Kier molecular flexibility index (Phi) is 3.08. The van der Waals surface area contributed by atoms with Crippen molar-refractivity contribution < 1.29 is 13.2 Å². The number of fused-ring (bicyclic) bond motifs is 5. The van der Waals surface area contributed by atoms with Crippen LogP contribution in [-0.2, 0) is 0 Å². The predicted molar refractivity (Wildman–Crippen MR) is 70.3 cm³/mol. The molecule has 4 aliphatic rings. The fraction of sp³-hybridized carbons (Fsp3) is 1.00. The monoisotopic (exact) mass is 288 g/mol. The zero-order chi connectivity index (χ0) is 13.9. The standard InChI is InChI=1S/C15H23F3N2/c16-15(17,18)8-20-5-3-11(4-6-20)19-14-12-9-1-2-10(7-9)13(12)14/h9-14,19H,1-8H2. The minimum Gasteiger partial charge on any atom is -0.311 e. The van der Waals surface area contributed by atoms with Gasteiger partial charge in [-0.2, -0.15) is 13.2 Å². The van der Waals surface area contributed by atoms with E-state index in [0.29, 0.717) is 25.2 Å². The molecular formula is C15H23F3N2. The summed E-state index contributed by atoms with van der Waals surface area (Å²) in [6.45, 7) is 0.441. The van der Waals surface area contributed by atoms with Gasteiger partial charge in [0, 0.05) is 12.1 Å². The minimum atomic E-state index is -4.05. The van der Waals surface area contributed by atoms with E-state index in [9.17, 15) is 13.2 Å². The number of nitrogens with one attached hydrogen (secondary N) is 1. The maximum Gasteiger partial charge on any atom is 0.401 e. The van der Waals surface area contributed by atoms with E-state index < -0.39 is 12.7 Å². The Bertz CT molecular complexity index is 360. The zero-order valence-electron chi connectivity index (χ0n) is 11.7. The summed E-state index contributed by atoms with van der Waals surface area (Å²) in [5, 5.41) is 3.77. The molecule has 0 aromatic heterocycles. The van der Waals surface area contributed by atoms with Gasteiger partial charge >= 0.3 is 6.18 Å². The topological polar surface area (TPSA) is 15.3 Å². The Morgan fingerprint density at radius 3 is 2.10 bits per heavy atom. The second-order valence-corrected chi connectivity index (χ2v) is 7.35. The van der Waals surface area contributed by atoms with Crippen LogP contribution in [0.3, 0.4) is 0 Å². The highest BCUT2D eigenvalue weighted by Gasteiger charge is 2.64. The van der Waals surface area contributed by atoms with Crippen molar-refractivity contribution in [2.45, 2.75) is 50.4 Å². The van der Waals surface area contributed by atoms with E-state index in [0.717, 1.165) is 36.5 Å². The summed E-state index contributed by atoms with van der Waals surface area (Å²) in [5.74, 6) is 3.77. The molecule has 2 nitrogen and oxygen atoms in total. The van der Waals surface area contributed by atoms with Gasteiger partial charge in [0.05, 0.1) is 6.54 Å². The minimum absolute atomic E-state index is 0.453. The Morgan fingerprint density at radius 2 is 1.55 bits per heavy atom. The Balaban J connectivity index is 1.23. The lowest BCUT2D eigenvalue weighted by molar-refractivity contribution is -0.148. The number of halogens is 3. The molecule has 0 aromatic carbocycles. The van der Waals surface area contributed by atoms with Crippen molar-refractivity contribution in [1.82, 2.24) is 10.2 Å². The number of rotatable bonds is 3. The first-order valence-corrected chi connectivity index (χ1v) is 8.06. The van der Waals surface area contributed by atoms with Crippen LogP contribution in [0.25, 0.3) is 0 Å². The average Bonchev–Trinajstić information content (AvgIpc) is 2.78. The lowest BCUT2D eigenvalue weighted by Gasteiger charge is -2.33. The van der Waals surface area contributed by atoms with Gasteiger partial charge in [-0.1, -0.05) is 0 Å². The Hall–Kier alpha value is -0.290. The molecule has 0 amide bonds. The molecule has 20 heavy (non-hydrogen) atoms. The number of likely N-dealkylation sites (tertiary alicyclic amines) is 1. The summed E-state index contributed by atoms with van der Waals surface area (Å²) in [6, 6.07) is 1.16. The molecule has 0 spiro atoms. The van der Waals surface area contributed by atoms with Crippen molar-refractivity contribution >= 4 is 0 Å². The van der Waals surface area contributed by atoms with E-state index in [2.05, 4.69) is 5.32 Å². The molecule has 2 bridgehead atoms. The van der Waals surface area contributed by atoms with Gasteiger partial charge in [0.15, 0.2) is 0 Å². The molecule has 4 unspecified atom stereocenters. The molecular weight excluding hydrogens is 265 g/mol. The molecule has 3 saturated carbocycles.